The average Bonchev–Trinajstić information content (AvgIpc) is 2.34. The van der Waals surface area contributed by atoms with Crippen LogP contribution < -0.4 is 5.32 Å². The van der Waals surface area contributed by atoms with Crippen LogP contribution in [-0.4, -0.2) is 30.3 Å². The van der Waals surface area contributed by atoms with Crippen LogP contribution in [0.4, 0.5) is 0 Å². The van der Waals surface area contributed by atoms with Crippen LogP contribution in [0.2, 0.25) is 0 Å². The lowest BCUT2D eigenvalue weighted by molar-refractivity contribution is -0.135. The Hall–Kier alpha value is -1.32. The van der Waals surface area contributed by atoms with Crippen molar-refractivity contribution in [1.82, 2.24) is 10.2 Å². The van der Waals surface area contributed by atoms with E-state index in [1.165, 1.54) is 13.1 Å². The SMILES string of the molecule is CCCCNC1=CC(=O)N(C)C1=O. The number of carbonyl (C=O) groups is 2. The van der Waals surface area contributed by atoms with Crippen molar-refractivity contribution in [3.05, 3.63) is 11.8 Å². The maximum atomic E-state index is 11.3. The summed E-state index contributed by atoms with van der Waals surface area (Å²) < 4.78 is 0. The second-order valence-corrected chi connectivity index (χ2v) is 3.04. The third-order valence-electron chi connectivity index (χ3n) is 1.98. The predicted octanol–water partition coefficient (Wildman–Crippen LogP) is 0.259. The van der Waals surface area contributed by atoms with Gasteiger partial charge >= 0.3 is 0 Å². The van der Waals surface area contributed by atoms with Crippen LogP contribution in [-0.2, 0) is 9.59 Å². The summed E-state index contributed by atoms with van der Waals surface area (Å²) >= 11 is 0. The molecule has 0 aromatic heterocycles. The van der Waals surface area contributed by atoms with E-state index in [9.17, 15) is 9.59 Å². The zero-order valence-corrected chi connectivity index (χ0v) is 7.96. The number of unbranched alkanes of at least 4 members (excludes halogenated alkanes) is 1. The van der Waals surface area contributed by atoms with Crippen molar-refractivity contribution < 1.29 is 9.59 Å². The van der Waals surface area contributed by atoms with Crippen LogP contribution in [0, 0.1) is 0 Å². The summed E-state index contributed by atoms with van der Waals surface area (Å²) in [6, 6.07) is 0. The van der Waals surface area contributed by atoms with E-state index in [0.29, 0.717) is 5.70 Å². The Morgan fingerprint density at radius 2 is 2.15 bits per heavy atom. The van der Waals surface area contributed by atoms with Gasteiger partial charge < -0.3 is 5.32 Å². The largest absolute Gasteiger partial charge is 0.380 e. The van der Waals surface area contributed by atoms with E-state index in [2.05, 4.69) is 12.2 Å². The number of amides is 2. The van der Waals surface area contributed by atoms with Crippen molar-refractivity contribution in [3.8, 4) is 0 Å². The Labute approximate surface area is 77.6 Å². The molecule has 0 saturated carbocycles. The average molecular weight is 182 g/mol. The molecule has 0 unspecified atom stereocenters. The Bertz CT molecular complexity index is 258. The van der Waals surface area contributed by atoms with Crippen molar-refractivity contribution in [2.45, 2.75) is 19.8 Å². The van der Waals surface area contributed by atoms with Crippen molar-refractivity contribution >= 4 is 11.8 Å². The quantitative estimate of drug-likeness (QED) is 0.501. The van der Waals surface area contributed by atoms with Gasteiger partial charge in [-0.05, 0) is 6.42 Å². The van der Waals surface area contributed by atoms with Crippen LogP contribution in [0.25, 0.3) is 0 Å². The number of nitrogens with zero attached hydrogens (tertiary/aromatic N) is 1. The fourth-order valence-corrected chi connectivity index (χ4v) is 1.09. The number of carbonyl (C=O) groups excluding carboxylic acids is 2. The lowest BCUT2D eigenvalue weighted by atomic mass is 10.3. The monoisotopic (exact) mass is 182 g/mol. The third-order valence-corrected chi connectivity index (χ3v) is 1.98. The molecule has 0 aromatic rings. The number of likely N-dealkylation sites (N-methyl/N-ethyl adjacent to an activating group) is 1. The van der Waals surface area contributed by atoms with E-state index in [1.54, 1.807) is 0 Å². The molecule has 4 heteroatoms. The first-order chi connectivity index (χ1) is 6.16. The highest BCUT2D eigenvalue weighted by atomic mass is 16.2. The maximum absolute atomic E-state index is 11.3. The van der Waals surface area contributed by atoms with E-state index in [0.717, 1.165) is 24.3 Å². The second-order valence-electron chi connectivity index (χ2n) is 3.04. The van der Waals surface area contributed by atoms with Crippen molar-refractivity contribution in [2.24, 2.45) is 0 Å². The summed E-state index contributed by atoms with van der Waals surface area (Å²) in [6.07, 6.45) is 3.42. The molecule has 1 N–H and O–H groups in total. The molecule has 4 nitrogen and oxygen atoms in total. The normalized spacial score (nSPS) is 16.5. The highest BCUT2D eigenvalue weighted by Crippen LogP contribution is 2.07. The third kappa shape index (κ3) is 2.08. The Morgan fingerprint density at radius 3 is 2.62 bits per heavy atom. The maximum Gasteiger partial charge on any atom is 0.276 e. The molecular weight excluding hydrogens is 168 g/mol. The van der Waals surface area contributed by atoms with E-state index in [1.807, 2.05) is 0 Å². The van der Waals surface area contributed by atoms with Gasteiger partial charge in [-0.1, -0.05) is 13.3 Å². The minimum atomic E-state index is -0.246. The molecule has 13 heavy (non-hydrogen) atoms. The van der Waals surface area contributed by atoms with E-state index in [-0.39, 0.29) is 11.8 Å². The molecule has 1 aliphatic heterocycles. The molecule has 0 aromatic carbocycles. The highest BCUT2D eigenvalue weighted by molar-refractivity contribution is 6.15. The first-order valence-electron chi connectivity index (χ1n) is 4.44. The second kappa shape index (κ2) is 4.07. The Morgan fingerprint density at radius 1 is 1.46 bits per heavy atom. The zero-order valence-electron chi connectivity index (χ0n) is 7.96. The van der Waals surface area contributed by atoms with E-state index < -0.39 is 0 Å². The zero-order chi connectivity index (χ0) is 9.84. The predicted molar refractivity (Wildman–Crippen MR) is 48.8 cm³/mol. The Kier molecular flexibility index (Phi) is 3.06. The van der Waals surface area contributed by atoms with Crippen LogP contribution in [0.3, 0.4) is 0 Å². The Balaban J connectivity index is 2.47. The van der Waals surface area contributed by atoms with Gasteiger partial charge in [0.1, 0.15) is 5.70 Å². The van der Waals surface area contributed by atoms with Crippen molar-refractivity contribution in [1.29, 1.82) is 0 Å². The van der Waals surface area contributed by atoms with Gasteiger partial charge in [0.15, 0.2) is 0 Å². The molecule has 2 amide bonds. The van der Waals surface area contributed by atoms with Gasteiger partial charge in [0.2, 0.25) is 0 Å². The van der Waals surface area contributed by atoms with Crippen LogP contribution in [0.1, 0.15) is 19.8 Å². The van der Waals surface area contributed by atoms with Gasteiger partial charge in [-0.3, -0.25) is 14.5 Å². The molecular formula is C9H14N2O2. The molecule has 0 bridgehead atoms. The summed E-state index contributed by atoms with van der Waals surface area (Å²) in [5.74, 6) is -0.481. The number of hydrogen-bond acceptors (Lipinski definition) is 3. The minimum absolute atomic E-state index is 0.235. The molecule has 0 saturated heterocycles. The smallest absolute Gasteiger partial charge is 0.276 e. The number of imide groups is 1. The summed E-state index contributed by atoms with van der Waals surface area (Å²) in [7, 11) is 1.48. The van der Waals surface area contributed by atoms with Crippen LogP contribution in [0.15, 0.2) is 11.8 Å². The minimum Gasteiger partial charge on any atom is -0.380 e. The van der Waals surface area contributed by atoms with Crippen molar-refractivity contribution in [3.63, 3.8) is 0 Å². The van der Waals surface area contributed by atoms with Gasteiger partial charge in [-0.2, -0.15) is 0 Å². The van der Waals surface area contributed by atoms with Gasteiger partial charge in [-0.15, -0.1) is 0 Å². The standard InChI is InChI=1S/C9H14N2O2/c1-3-4-5-10-7-6-8(12)11(2)9(7)13/h6,10H,3-5H2,1-2H3. The number of nitrogens with one attached hydrogen (secondary N) is 1. The fraction of sp³-hybridized carbons (Fsp3) is 0.556. The van der Waals surface area contributed by atoms with Gasteiger partial charge in [0.25, 0.3) is 11.8 Å². The first-order valence-corrected chi connectivity index (χ1v) is 4.44. The molecule has 1 rings (SSSR count). The molecule has 0 fully saturated rings. The van der Waals surface area contributed by atoms with Crippen molar-refractivity contribution in [2.75, 3.05) is 13.6 Å². The molecule has 72 valence electrons. The summed E-state index contributed by atoms with van der Waals surface area (Å²) in [5.41, 5.74) is 0.418. The molecule has 1 aliphatic rings. The number of hydrogen-bond donors (Lipinski definition) is 1. The number of rotatable bonds is 4. The molecule has 1 heterocycles. The van der Waals surface area contributed by atoms with E-state index >= 15 is 0 Å². The first kappa shape index (κ1) is 9.77. The van der Waals surface area contributed by atoms with Gasteiger partial charge in [0, 0.05) is 19.7 Å². The summed E-state index contributed by atoms with van der Waals surface area (Å²) in [5, 5.41) is 2.94. The fourth-order valence-electron chi connectivity index (χ4n) is 1.09. The molecule has 0 atom stereocenters. The lowest BCUT2D eigenvalue weighted by Crippen LogP contribution is -2.30. The lowest BCUT2D eigenvalue weighted by Gasteiger charge is -2.07. The highest BCUT2D eigenvalue weighted by Gasteiger charge is 2.26. The van der Waals surface area contributed by atoms with Gasteiger partial charge in [-0.25, -0.2) is 0 Å². The van der Waals surface area contributed by atoms with E-state index in [4.69, 9.17) is 0 Å². The molecule has 0 spiro atoms. The summed E-state index contributed by atoms with van der Waals surface area (Å²) in [6.45, 7) is 2.82. The topological polar surface area (TPSA) is 49.4 Å². The molecule has 0 aliphatic carbocycles. The van der Waals surface area contributed by atoms with Gasteiger partial charge in [0.05, 0.1) is 0 Å². The van der Waals surface area contributed by atoms with Crippen LogP contribution >= 0.6 is 0 Å². The summed E-state index contributed by atoms with van der Waals surface area (Å²) in [4.78, 5) is 23.4. The van der Waals surface area contributed by atoms with Crippen LogP contribution in [0.5, 0.6) is 0 Å². The molecule has 0 radical (unpaired) electrons.